The lowest BCUT2D eigenvalue weighted by Crippen LogP contribution is -2.30. The van der Waals surface area contributed by atoms with Gasteiger partial charge in [-0.15, -0.1) is 0 Å². The second-order valence-corrected chi connectivity index (χ2v) is 17.1. The summed E-state index contributed by atoms with van der Waals surface area (Å²) < 4.78 is 16.7. The summed E-state index contributed by atoms with van der Waals surface area (Å²) in [6.07, 6.45) is 58.2. The molecule has 0 saturated carbocycles. The summed E-state index contributed by atoms with van der Waals surface area (Å²) in [7, 11) is 0. The Morgan fingerprint density at radius 3 is 1.10 bits per heavy atom. The number of hydrogen-bond acceptors (Lipinski definition) is 6. The molecule has 0 aromatic rings. The van der Waals surface area contributed by atoms with Crippen molar-refractivity contribution in [1.29, 1.82) is 0 Å². The first-order valence-electron chi connectivity index (χ1n) is 25.6. The van der Waals surface area contributed by atoms with Crippen LogP contribution in [0.3, 0.4) is 0 Å². The molecular formula is C54H96O6. The van der Waals surface area contributed by atoms with Gasteiger partial charge in [0.15, 0.2) is 6.10 Å². The van der Waals surface area contributed by atoms with Gasteiger partial charge >= 0.3 is 17.9 Å². The second kappa shape index (κ2) is 49.0. The first kappa shape index (κ1) is 57.4. The molecule has 0 rings (SSSR count). The van der Waals surface area contributed by atoms with Gasteiger partial charge in [-0.25, -0.2) is 0 Å². The Morgan fingerprint density at radius 1 is 0.350 bits per heavy atom. The van der Waals surface area contributed by atoms with E-state index in [1.54, 1.807) is 0 Å². The summed E-state index contributed by atoms with van der Waals surface area (Å²) in [5.74, 6) is -0.942. The molecule has 0 radical (unpaired) electrons. The van der Waals surface area contributed by atoms with Gasteiger partial charge in [-0.1, -0.05) is 217 Å². The topological polar surface area (TPSA) is 78.9 Å². The van der Waals surface area contributed by atoms with Crippen LogP contribution in [0.25, 0.3) is 0 Å². The largest absolute Gasteiger partial charge is 0.462 e. The first-order valence-corrected chi connectivity index (χ1v) is 25.6. The Bertz CT molecular complexity index is 1060. The van der Waals surface area contributed by atoms with E-state index in [4.69, 9.17) is 14.2 Å². The Labute approximate surface area is 371 Å². The molecule has 0 heterocycles. The van der Waals surface area contributed by atoms with E-state index in [0.717, 1.165) is 64.2 Å². The van der Waals surface area contributed by atoms with E-state index in [9.17, 15) is 14.4 Å². The van der Waals surface area contributed by atoms with Crippen molar-refractivity contribution in [3.8, 4) is 0 Å². The highest BCUT2D eigenvalue weighted by molar-refractivity contribution is 5.71. The molecule has 0 fully saturated rings. The van der Waals surface area contributed by atoms with Crippen molar-refractivity contribution < 1.29 is 28.6 Å². The zero-order valence-corrected chi connectivity index (χ0v) is 39.7. The van der Waals surface area contributed by atoms with Gasteiger partial charge in [0.2, 0.25) is 0 Å². The van der Waals surface area contributed by atoms with Crippen LogP contribution in [0.4, 0.5) is 0 Å². The summed E-state index contributed by atoms with van der Waals surface area (Å²) in [5, 5.41) is 0. The molecule has 0 aliphatic carbocycles. The molecule has 0 aliphatic rings. The molecule has 60 heavy (non-hydrogen) atoms. The SMILES string of the molecule is CC/C=C\C/C=C\C/C=C\CCCC(=O)OCC(COC(=O)CCCCCCCCC/C=C\CCCCCCCC)OC(=O)CCCCCCCCCCCCCCCC. The van der Waals surface area contributed by atoms with E-state index in [1.807, 2.05) is 0 Å². The summed E-state index contributed by atoms with van der Waals surface area (Å²) in [6, 6.07) is 0. The Morgan fingerprint density at radius 2 is 0.667 bits per heavy atom. The standard InChI is InChI=1S/C54H96O6/c1-4-7-10-13-16-19-22-24-26-27-28-30-32-35-38-41-44-47-53(56)59-50-51(49-58-52(55)46-43-40-37-34-31-21-18-15-12-9-6-3)60-54(57)48-45-42-39-36-33-29-25-23-20-17-14-11-8-5-2/h9,12,18,21,24,26,34,37,51H,4-8,10-11,13-17,19-20,22-23,25,27-33,35-36,38-50H2,1-3H3/b12-9-,21-18-,26-24-,37-34-. The predicted molar refractivity (Wildman–Crippen MR) is 256 cm³/mol. The van der Waals surface area contributed by atoms with Crippen molar-refractivity contribution in [2.45, 2.75) is 264 Å². The number of carbonyl (C=O) groups is 3. The molecule has 0 saturated heterocycles. The van der Waals surface area contributed by atoms with Crippen molar-refractivity contribution in [3.63, 3.8) is 0 Å². The summed E-state index contributed by atoms with van der Waals surface area (Å²) >= 11 is 0. The monoisotopic (exact) mass is 841 g/mol. The fourth-order valence-corrected chi connectivity index (χ4v) is 7.23. The van der Waals surface area contributed by atoms with Gasteiger partial charge in [-0.3, -0.25) is 14.4 Å². The summed E-state index contributed by atoms with van der Waals surface area (Å²) in [4.78, 5) is 37.9. The second-order valence-electron chi connectivity index (χ2n) is 17.1. The highest BCUT2D eigenvalue weighted by Crippen LogP contribution is 2.15. The molecule has 1 atom stereocenters. The van der Waals surface area contributed by atoms with Crippen LogP contribution in [0.1, 0.15) is 258 Å². The molecule has 0 N–H and O–H groups in total. The van der Waals surface area contributed by atoms with Crippen molar-refractivity contribution >= 4 is 17.9 Å². The lowest BCUT2D eigenvalue weighted by Gasteiger charge is -2.18. The fraction of sp³-hybridized carbons (Fsp3) is 0.796. The molecular weight excluding hydrogens is 745 g/mol. The minimum Gasteiger partial charge on any atom is -0.462 e. The Kier molecular flexibility index (Phi) is 46.9. The molecule has 6 nitrogen and oxygen atoms in total. The lowest BCUT2D eigenvalue weighted by atomic mass is 10.0. The van der Waals surface area contributed by atoms with Crippen LogP contribution in [0.15, 0.2) is 48.6 Å². The van der Waals surface area contributed by atoms with Crippen LogP contribution in [-0.4, -0.2) is 37.2 Å². The Balaban J connectivity index is 4.37. The maximum atomic E-state index is 12.8. The van der Waals surface area contributed by atoms with Crippen molar-refractivity contribution in [1.82, 2.24) is 0 Å². The normalized spacial score (nSPS) is 12.4. The van der Waals surface area contributed by atoms with Crippen LogP contribution in [-0.2, 0) is 28.6 Å². The number of ether oxygens (including phenoxy) is 3. The molecule has 348 valence electrons. The molecule has 0 aliphatic heterocycles. The summed E-state index contributed by atoms with van der Waals surface area (Å²) in [6.45, 7) is 6.48. The van der Waals surface area contributed by atoms with E-state index >= 15 is 0 Å². The third-order valence-corrected chi connectivity index (χ3v) is 11.1. The zero-order valence-electron chi connectivity index (χ0n) is 39.7. The zero-order chi connectivity index (χ0) is 43.7. The van der Waals surface area contributed by atoms with E-state index in [-0.39, 0.29) is 37.5 Å². The number of unbranched alkanes of at least 4 members (excludes halogenated alkanes) is 27. The number of allylic oxidation sites excluding steroid dienone is 8. The lowest BCUT2D eigenvalue weighted by molar-refractivity contribution is -0.167. The number of carbonyl (C=O) groups excluding carboxylic acids is 3. The third-order valence-electron chi connectivity index (χ3n) is 11.1. The van der Waals surface area contributed by atoms with Crippen molar-refractivity contribution in [2.24, 2.45) is 0 Å². The van der Waals surface area contributed by atoms with E-state index in [2.05, 4.69) is 69.4 Å². The van der Waals surface area contributed by atoms with Gasteiger partial charge in [0.1, 0.15) is 13.2 Å². The highest BCUT2D eigenvalue weighted by Gasteiger charge is 2.19. The number of hydrogen-bond donors (Lipinski definition) is 0. The predicted octanol–water partition coefficient (Wildman–Crippen LogP) is 16.7. The van der Waals surface area contributed by atoms with Gasteiger partial charge in [-0.05, 0) is 70.6 Å². The Hall–Kier alpha value is -2.63. The van der Waals surface area contributed by atoms with Gasteiger partial charge < -0.3 is 14.2 Å². The van der Waals surface area contributed by atoms with Crippen LogP contribution >= 0.6 is 0 Å². The minimum atomic E-state index is -0.790. The van der Waals surface area contributed by atoms with Crippen LogP contribution in [0.2, 0.25) is 0 Å². The quantitative estimate of drug-likeness (QED) is 0.0263. The van der Waals surface area contributed by atoms with E-state index < -0.39 is 6.10 Å². The van der Waals surface area contributed by atoms with Crippen LogP contribution < -0.4 is 0 Å². The minimum absolute atomic E-state index is 0.0888. The average molecular weight is 841 g/mol. The third kappa shape index (κ3) is 46.4. The van der Waals surface area contributed by atoms with Gasteiger partial charge in [0.25, 0.3) is 0 Å². The van der Waals surface area contributed by atoms with Crippen molar-refractivity contribution in [2.75, 3.05) is 13.2 Å². The highest BCUT2D eigenvalue weighted by atomic mass is 16.6. The van der Waals surface area contributed by atoms with Gasteiger partial charge in [-0.2, -0.15) is 0 Å². The van der Waals surface area contributed by atoms with E-state index in [1.165, 1.54) is 148 Å². The maximum Gasteiger partial charge on any atom is 0.306 e. The molecule has 0 amide bonds. The number of esters is 3. The molecule has 1 unspecified atom stereocenters. The van der Waals surface area contributed by atoms with Crippen LogP contribution in [0.5, 0.6) is 0 Å². The number of rotatable bonds is 46. The maximum absolute atomic E-state index is 12.8. The molecule has 0 bridgehead atoms. The first-order chi connectivity index (χ1) is 29.5. The van der Waals surface area contributed by atoms with Crippen LogP contribution in [0, 0.1) is 0 Å². The van der Waals surface area contributed by atoms with Gasteiger partial charge in [0.05, 0.1) is 0 Å². The fourth-order valence-electron chi connectivity index (χ4n) is 7.23. The summed E-state index contributed by atoms with van der Waals surface area (Å²) in [5.41, 5.74) is 0. The van der Waals surface area contributed by atoms with E-state index in [0.29, 0.717) is 19.3 Å². The smallest absolute Gasteiger partial charge is 0.306 e. The molecule has 0 spiro atoms. The molecule has 6 heteroatoms. The van der Waals surface area contributed by atoms with Gasteiger partial charge in [0, 0.05) is 19.3 Å². The molecule has 0 aromatic carbocycles. The molecule has 0 aromatic heterocycles. The average Bonchev–Trinajstić information content (AvgIpc) is 3.24. The van der Waals surface area contributed by atoms with Crippen molar-refractivity contribution in [3.05, 3.63) is 48.6 Å².